The number of amides is 1. The van der Waals surface area contributed by atoms with Gasteiger partial charge in [-0.3, -0.25) is 14.7 Å². The number of carbonyl (C=O) groups excluding carboxylic acids is 1. The molecule has 1 N–H and O–H groups in total. The van der Waals surface area contributed by atoms with Crippen LogP contribution in [0, 0.1) is 0 Å². The number of benzene rings is 2. The van der Waals surface area contributed by atoms with Gasteiger partial charge in [0.25, 0.3) is 5.91 Å². The Kier molecular flexibility index (Phi) is 4.78. The summed E-state index contributed by atoms with van der Waals surface area (Å²) in [6.45, 7) is 2.89. The number of nitrogens with one attached hydrogen (secondary N) is 1. The van der Waals surface area contributed by atoms with Gasteiger partial charge in [0.05, 0.1) is 10.4 Å². The number of likely N-dealkylation sites (tertiary alicyclic amines) is 1. The quantitative estimate of drug-likeness (QED) is 0.534. The highest BCUT2D eigenvalue weighted by molar-refractivity contribution is 7.21. The Morgan fingerprint density at radius 1 is 1.17 bits per heavy atom. The predicted octanol–water partition coefficient (Wildman–Crippen LogP) is 4.80. The molecular weight excluding hydrogens is 378 g/mol. The van der Waals surface area contributed by atoms with Gasteiger partial charge in [0.1, 0.15) is 0 Å². The minimum atomic E-state index is 0.0258. The molecule has 3 heterocycles. The van der Waals surface area contributed by atoms with Crippen LogP contribution >= 0.6 is 11.3 Å². The van der Waals surface area contributed by atoms with E-state index in [0.29, 0.717) is 5.92 Å². The van der Waals surface area contributed by atoms with Crippen molar-refractivity contribution < 1.29 is 4.79 Å². The van der Waals surface area contributed by atoms with Crippen molar-refractivity contribution in [3.05, 3.63) is 76.8 Å². The van der Waals surface area contributed by atoms with Crippen LogP contribution in [0.3, 0.4) is 0 Å². The van der Waals surface area contributed by atoms with Crippen LogP contribution in [0.5, 0.6) is 0 Å². The van der Waals surface area contributed by atoms with Gasteiger partial charge in [0.2, 0.25) is 0 Å². The Labute approximate surface area is 174 Å². The minimum Gasteiger partial charge on any atom is -0.354 e. The normalized spacial score (nSPS) is 17.2. The van der Waals surface area contributed by atoms with E-state index in [1.807, 2.05) is 18.3 Å². The van der Waals surface area contributed by atoms with Crippen molar-refractivity contribution in [3.63, 3.8) is 0 Å². The van der Waals surface area contributed by atoms with Crippen LogP contribution in [-0.4, -0.2) is 35.9 Å². The van der Waals surface area contributed by atoms with E-state index in [1.165, 1.54) is 26.6 Å². The molecule has 0 bridgehead atoms. The zero-order valence-corrected chi connectivity index (χ0v) is 17.2. The van der Waals surface area contributed by atoms with Gasteiger partial charge in [-0.2, -0.15) is 0 Å². The van der Waals surface area contributed by atoms with Crippen LogP contribution in [-0.2, 0) is 6.54 Å². The summed E-state index contributed by atoms with van der Waals surface area (Å²) < 4.78 is 1.19. The van der Waals surface area contributed by atoms with Gasteiger partial charge in [-0.1, -0.05) is 42.5 Å². The molecule has 4 nitrogen and oxygen atoms in total. The van der Waals surface area contributed by atoms with Crippen LogP contribution in [0.4, 0.5) is 0 Å². The zero-order valence-electron chi connectivity index (χ0n) is 16.4. The number of aromatic nitrogens is 1. The topological polar surface area (TPSA) is 45.2 Å². The molecule has 2 aromatic carbocycles. The Bertz CT molecular complexity index is 1190. The third-order valence-corrected chi connectivity index (χ3v) is 7.04. The van der Waals surface area contributed by atoms with Gasteiger partial charge in [0.15, 0.2) is 0 Å². The summed E-state index contributed by atoms with van der Waals surface area (Å²) in [5.74, 6) is 0.402. The Morgan fingerprint density at radius 2 is 2.03 bits per heavy atom. The lowest BCUT2D eigenvalue weighted by atomic mass is 9.95. The highest BCUT2D eigenvalue weighted by atomic mass is 32.1. The predicted molar refractivity (Wildman–Crippen MR) is 120 cm³/mol. The van der Waals surface area contributed by atoms with Crippen molar-refractivity contribution in [3.8, 4) is 0 Å². The number of hydrogen-bond acceptors (Lipinski definition) is 4. The van der Waals surface area contributed by atoms with Crippen LogP contribution in [0.25, 0.3) is 21.0 Å². The van der Waals surface area contributed by atoms with E-state index in [2.05, 4.69) is 57.7 Å². The largest absolute Gasteiger partial charge is 0.354 e. The highest BCUT2D eigenvalue weighted by Crippen LogP contribution is 2.40. The molecule has 1 aliphatic rings. The standard InChI is InChI=1S/C24H23N3OS/c1-25-24(28)23-21(19-9-2-3-10-20(19)29-23)17-11-13-27(14-17)15-18-7-4-6-16-8-5-12-26-22(16)18/h2-10,12,17H,11,13-15H2,1H3,(H,25,28). The van der Waals surface area contributed by atoms with Crippen LogP contribution in [0.15, 0.2) is 60.8 Å². The molecule has 1 aliphatic heterocycles. The number of fused-ring (bicyclic) bond motifs is 2. The van der Waals surface area contributed by atoms with Crippen LogP contribution < -0.4 is 5.32 Å². The van der Waals surface area contributed by atoms with E-state index in [4.69, 9.17) is 0 Å². The van der Waals surface area contributed by atoms with Gasteiger partial charge in [0, 0.05) is 42.3 Å². The first-order valence-corrected chi connectivity index (χ1v) is 10.8. The maximum Gasteiger partial charge on any atom is 0.261 e. The van der Waals surface area contributed by atoms with E-state index in [0.717, 1.165) is 36.4 Å². The van der Waals surface area contributed by atoms with Crippen molar-refractivity contribution in [2.24, 2.45) is 0 Å². The van der Waals surface area contributed by atoms with Gasteiger partial charge in [-0.25, -0.2) is 0 Å². The fourth-order valence-electron chi connectivity index (χ4n) is 4.50. The summed E-state index contributed by atoms with van der Waals surface area (Å²) in [6.07, 6.45) is 2.94. The molecule has 2 aromatic heterocycles. The van der Waals surface area contributed by atoms with Crippen LogP contribution in [0.1, 0.15) is 33.1 Å². The molecule has 5 rings (SSSR count). The third kappa shape index (κ3) is 3.30. The molecule has 146 valence electrons. The third-order valence-electron chi connectivity index (χ3n) is 5.86. The summed E-state index contributed by atoms with van der Waals surface area (Å²) >= 11 is 1.61. The lowest BCUT2D eigenvalue weighted by Gasteiger charge is -2.17. The van der Waals surface area contributed by atoms with E-state index in [9.17, 15) is 4.79 Å². The molecule has 1 unspecified atom stereocenters. The average molecular weight is 402 g/mol. The van der Waals surface area contributed by atoms with Crippen molar-refractivity contribution >= 4 is 38.2 Å². The second-order valence-corrected chi connectivity index (χ2v) is 8.69. The minimum absolute atomic E-state index is 0.0258. The zero-order chi connectivity index (χ0) is 19.8. The number of carbonyl (C=O) groups is 1. The Morgan fingerprint density at radius 3 is 2.93 bits per heavy atom. The molecular formula is C24H23N3OS. The van der Waals surface area contributed by atoms with E-state index < -0.39 is 0 Å². The first kappa shape index (κ1) is 18.3. The molecule has 5 heteroatoms. The van der Waals surface area contributed by atoms with E-state index in [-0.39, 0.29) is 5.91 Å². The SMILES string of the molecule is CNC(=O)c1sc2ccccc2c1C1CCN(Cc2cccc3cccnc23)C1. The van der Waals surface area contributed by atoms with Crippen LogP contribution in [0.2, 0.25) is 0 Å². The summed E-state index contributed by atoms with van der Waals surface area (Å²) in [4.78, 5) is 20.5. The summed E-state index contributed by atoms with van der Waals surface area (Å²) in [6, 6.07) is 18.9. The maximum atomic E-state index is 12.6. The molecule has 1 amide bonds. The first-order chi connectivity index (χ1) is 14.2. The Hall–Kier alpha value is -2.76. The van der Waals surface area contributed by atoms with Crippen molar-refractivity contribution in [2.45, 2.75) is 18.9 Å². The van der Waals surface area contributed by atoms with Gasteiger partial charge in [-0.05, 0) is 41.6 Å². The number of thiophene rings is 1. The summed E-state index contributed by atoms with van der Waals surface area (Å²) in [5, 5.41) is 5.24. The Balaban J connectivity index is 1.45. The molecule has 0 spiro atoms. The lowest BCUT2D eigenvalue weighted by molar-refractivity contribution is 0.0966. The van der Waals surface area contributed by atoms with Gasteiger partial charge in [-0.15, -0.1) is 11.3 Å². The average Bonchev–Trinajstić information content (AvgIpc) is 3.37. The summed E-state index contributed by atoms with van der Waals surface area (Å²) in [5.41, 5.74) is 3.58. The van der Waals surface area contributed by atoms with E-state index >= 15 is 0 Å². The fourth-order valence-corrected chi connectivity index (χ4v) is 5.74. The molecule has 29 heavy (non-hydrogen) atoms. The maximum absolute atomic E-state index is 12.6. The lowest BCUT2D eigenvalue weighted by Crippen LogP contribution is -2.21. The number of para-hydroxylation sites is 1. The molecule has 0 saturated carbocycles. The monoisotopic (exact) mass is 401 g/mol. The van der Waals surface area contributed by atoms with Gasteiger partial charge < -0.3 is 5.32 Å². The molecule has 1 fully saturated rings. The first-order valence-electron chi connectivity index (χ1n) is 10.0. The number of hydrogen-bond donors (Lipinski definition) is 1. The van der Waals surface area contributed by atoms with Crippen molar-refractivity contribution in [1.82, 2.24) is 15.2 Å². The van der Waals surface area contributed by atoms with Crippen molar-refractivity contribution in [1.29, 1.82) is 0 Å². The number of rotatable bonds is 4. The second kappa shape index (κ2) is 7.58. The molecule has 1 saturated heterocycles. The smallest absolute Gasteiger partial charge is 0.261 e. The molecule has 1 atom stereocenters. The summed E-state index contributed by atoms with van der Waals surface area (Å²) in [7, 11) is 1.71. The second-order valence-electron chi connectivity index (χ2n) is 7.63. The molecule has 4 aromatic rings. The van der Waals surface area contributed by atoms with Crippen molar-refractivity contribution in [2.75, 3.05) is 20.1 Å². The van der Waals surface area contributed by atoms with E-state index in [1.54, 1.807) is 18.4 Å². The van der Waals surface area contributed by atoms with Gasteiger partial charge >= 0.3 is 0 Å². The highest BCUT2D eigenvalue weighted by Gasteiger charge is 2.30. The number of nitrogens with zero attached hydrogens (tertiary/aromatic N) is 2. The number of pyridine rings is 1. The molecule has 0 radical (unpaired) electrons. The molecule has 0 aliphatic carbocycles. The fraction of sp³-hybridized carbons (Fsp3) is 0.250.